The number of anilines is 1. The molecule has 0 saturated carbocycles. The van der Waals surface area contributed by atoms with Crippen molar-refractivity contribution >= 4 is 11.6 Å². The number of hydrogen-bond donors (Lipinski definition) is 1. The molecule has 0 unspecified atom stereocenters. The predicted octanol–water partition coefficient (Wildman–Crippen LogP) is 3.95. The molecular weight excluding hydrogens is 328 g/mol. The van der Waals surface area contributed by atoms with Crippen LogP contribution < -0.4 is 14.8 Å². The number of nitrogens with zero attached hydrogens (tertiary/aromatic N) is 1. The zero-order chi connectivity index (χ0) is 18.4. The van der Waals surface area contributed by atoms with Gasteiger partial charge in [0.2, 0.25) is 5.91 Å². The number of aromatic nitrogens is 1. The third-order valence-corrected chi connectivity index (χ3v) is 3.94. The van der Waals surface area contributed by atoms with E-state index in [4.69, 9.17) is 9.47 Å². The highest BCUT2D eigenvalue weighted by Crippen LogP contribution is 2.28. The van der Waals surface area contributed by atoms with E-state index in [1.54, 1.807) is 38.7 Å². The quantitative estimate of drug-likeness (QED) is 0.733. The lowest BCUT2D eigenvalue weighted by Gasteiger charge is -2.10. The van der Waals surface area contributed by atoms with Crippen molar-refractivity contribution in [1.82, 2.24) is 4.98 Å². The molecule has 0 aliphatic heterocycles. The topological polar surface area (TPSA) is 60.5 Å². The minimum Gasteiger partial charge on any atom is -0.493 e. The molecule has 2 aromatic carbocycles. The van der Waals surface area contributed by atoms with Gasteiger partial charge in [0.15, 0.2) is 11.5 Å². The van der Waals surface area contributed by atoms with Gasteiger partial charge in [-0.25, -0.2) is 0 Å². The molecule has 0 bridgehead atoms. The molecule has 1 aromatic heterocycles. The van der Waals surface area contributed by atoms with Gasteiger partial charge in [-0.05, 0) is 29.3 Å². The summed E-state index contributed by atoms with van der Waals surface area (Å²) in [5.74, 6) is 1.12. The summed E-state index contributed by atoms with van der Waals surface area (Å²) < 4.78 is 10.5. The van der Waals surface area contributed by atoms with Gasteiger partial charge in [-0.15, -0.1) is 0 Å². The number of rotatable bonds is 6. The Morgan fingerprint density at radius 2 is 1.69 bits per heavy atom. The molecule has 0 aliphatic rings. The Labute approximate surface area is 152 Å². The molecule has 1 amide bonds. The molecule has 1 N–H and O–H groups in total. The molecule has 1 heterocycles. The maximum Gasteiger partial charge on any atom is 0.228 e. The first-order valence-corrected chi connectivity index (χ1v) is 8.21. The van der Waals surface area contributed by atoms with Crippen LogP contribution in [0.15, 0.2) is 67.0 Å². The van der Waals surface area contributed by atoms with Crippen molar-refractivity contribution < 1.29 is 14.3 Å². The van der Waals surface area contributed by atoms with Crippen molar-refractivity contribution in [2.75, 3.05) is 19.5 Å². The van der Waals surface area contributed by atoms with Crippen LogP contribution >= 0.6 is 0 Å². The Balaban J connectivity index is 1.71. The van der Waals surface area contributed by atoms with Crippen LogP contribution in [0.2, 0.25) is 0 Å². The predicted molar refractivity (Wildman–Crippen MR) is 102 cm³/mol. The van der Waals surface area contributed by atoms with Crippen LogP contribution in [0.25, 0.3) is 11.1 Å². The molecular formula is C21H20N2O3. The fourth-order valence-corrected chi connectivity index (χ4v) is 2.68. The van der Waals surface area contributed by atoms with Gasteiger partial charge in [0, 0.05) is 11.8 Å². The van der Waals surface area contributed by atoms with Gasteiger partial charge < -0.3 is 14.8 Å². The maximum absolute atomic E-state index is 12.4. The van der Waals surface area contributed by atoms with Gasteiger partial charge in [0.25, 0.3) is 0 Å². The SMILES string of the molecule is COc1ccc(CC(=O)Nc2cncc(-c3ccccc3)c2)cc1OC. The lowest BCUT2D eigenvalue weighted by molar-refractivity contribution is -0.115. The molecule has 0 atom stereocenters. The number of nitrogens with one attached hydrogen (secondary N) is 1. The summed E-state index contributed by atoms with van der Waals surface area (Å²) in [7, 11) is 3.15. The molecule has 3 aromatic rings. The summed E-state index contributed by atoms with van der Waals surface area (Å²) >= 11 is 0. The minimum atomic E-state index is -0.121. The third kappa shape index (κ3) is 4.19. The molecule has 0 radical (unpaired) electrons. The van der Waals surface area contributed by atoms with Gasteiger partial charge in [-0.3, -0.25) is 9.78 Å². The zero-order valence-corrected chi connectivity index (χ0v) is 14.7. The van der Waals surface area contributed by atoms with Crippen LogP contribution in [-0.2, 0) is 11.2 Å². The van der Waals surface area contributed by atoms with Crippen LogP contribution in [0.3, 0.4) is 0 Å². The first-order chi connectivity index (χ1) is 12.7. The van der Waals surface area contributed by atoms with Crippen LogP contribution in [0.1, 0.15) is 5.56 Å². The zero-order valence-electron chi connectivity index (χ0n) is 14.7. The Morgan fingerprint density at radius 3 is 2.42 bits per heavy atom. The molecule has 5 nitrogen and oxygen atoms in total. The van der Waals surface area contributed by atoms with E-state index in [2.05, 4.69) is 10.3 Å². The first kappa shape index (κ1) is 17.5. The van der Waals surface area contributed by atoms with Gasteiger partial charge >= 0.3 is 0 Å². The Morgan fingerprint density at radius 1 is 0.923 bits per heavy atom. The van der Waals surface area contributed by atoms with Crippen molar-refractivity contribution in [1.29, 1.82) is 0 Å². The first-order valence-electron chi connectivity index (χ1n) is 8.21. The minimum absolute atomic E-state index is 0.121. The maximum atomic E-state index is 12.4. The fourth-order valence-electron chi connectivity index (χ4n) is 2.68. The number of amides is 1. The number of carbonyl (C=O) groups excluding carboxylic acids is 1. The van der Waals surface area contributed by atoms with Gasteiger partial charge in [0.05, 0.1) is 32.5 Å². The highest BCUT2D eigenvalue weighted by Gasteiger charge is 2.09. The smallest absolute Gasteiger partial charge is 0.228 e. The number of hydrogen-bond acceptors (Lipinski definition) is 4. The van der Waals surface area contributed by atoms with Gasteiger partial charge in [-0.2, -0.15) is 0 Å². The number of pyridine rings is 1. The van der Waals surface area contributed by atoms with Crippen molar-refractivity contribution in [2.45, 2.75) is 6.42 Å². The second kappa shape index (κ2) is 8.16. The molecule has 26 heavy (non-hydrogen) atoms. The number of carbonyl (C=O) groups is 1. The second-order valence-corrected chi connectivity index (χ2v) is 5.74. The normalized spacial score (nSPS) is 10.2. The average molecular weight is 348 g/mol. The Bertz CT molecular complexity index is 895. The van der Waals surface area contributed by atoms with Crippen molar-refractivity contribution in [3.05, 3.63) is 72.6 Å². The highest BCUT2D eigenvalue weighted by atomic mass is 16.5. The average Bonchev–Trinajstić information content (AvgIpc) is 2.68. The summed E-state index contributed by atoms with van der Waals surface area (Å²) in [6.07, 6.45) is 3.65. The summed E-state index contributed by atoms with van der Waals surface area (Å²) in [5.41, 5.74) is 3.51. The second-order valence-electron chi connectivity index (χ2n) is 5.74. The third-order valence-electron chi connectivity index (χ3n) is 3.94. The van der Waals surface area contributed by atoms with Gasteiger partial charge in [0.1, 0.15) is 0 Å². The fraction of sp³-hybridized carbons (Fsp3) is 0.143. The van der Waals surface area contributed by atoms with E-state index in [1.807, 2.05) is 42.5 Å². The molecule has 3 rings (SSSR count). The molecule has 0 saturated heterocycles. The molecule has 5 heteroatoms. The largest absolute Gasteiger partial charge is 0.493 e. The van der Waals surface area contributed by atoms with Crippen LogP contribution in [0.5, 0.6) is 11.5 Å². The summed E-state index contributed by atoms with van der Waals surface area (Å²) in [6, 6.07) is 17.3. The van der Waals surface area contributed by atoms with Gasteiger partial charge in [-0.1, -0.05) is 36.4 Å². The van der Waals surface area contributed by atoms with Crippen molar-refractivity contribution in [3.8, 4) is 22.6 Å². The lowest BCUT2D eigenvalue weighted by Crippen LogP contribution is -2.14. The molecule has 0 aliphatic carbocycles. The molecule has 132 valence electrons. The summed E-state index contributed by atoms with van der Waals surface area (Å²) in [5, 5.41) is 2.89. The van der Waals surface area contributed by atoms with E-state index >= 15 is 0 Å². The van der Waals surface area contributed by atoms with Crippen LogP contribution in [0, 0.1) is 0 Å². The number of methoxy groups -OCH3 is 2. The summed E-state index contributed by atoms with van der Waals surface area (Å²) in [4.78, 5) is 16.6. The highest BCUT2D eigenvalue weighted by molar-refractivity contribution is 5.92. The van der Waals surface area contributed by atoms with Crippen LogP contribution in [-0.4, -0.2) is 25.1 Å². The summed E-state index contributed by atoms with van der Waals surface area (Å²) in [6.45, 7) is 0. The van der Waals surface area contributed by atoms with E-state index in [0.717, 1.165) is 16.7 Å². The van der Waals surface area contributed by atoms with E-state index in [9.17, 15) is 4.79 Å². The molecule has 0 spiro atoms. The Kier molecular flexibility index (Phi) is 5.49. The Hall–Kier alpha value is -3.34. The van der Waals surface area contributed by atoms with E-state index in [0.29, 0.717) is 17.2 Å². The molecule has 0 fully saturated rings. The number of benzene rings is 2. The monoisotopic (exact) mass is 348 g/mol. The van der Waals surface area contributed by atoms with Crippen molar-refractivity contribution in [2.24, 2.45) is 0 Å². The van der Waals surface area contributed by atoms with E-state index in [-0.39, 0.29) is 12.3 Å². The lowest BCUT2D eigenvalue weighted by atomic mass is 10.1. The number of ether oxygens (including phenoxy) is 2. The van der Waals surface area contributed by atoms with Crippen LogP contribution in [0.4, 0.5) is 5.69 Å². The standard InChI is InChI=1S/C21H20N2O3/c1-25-19-9-8-15(10-20(19)26-2)11-21(24)23-18-12-17(13-22-14-18)16-6-4-3-5-7-16/h3-10,12-14H,11H2,1-2H3,(H,23,24). The van der Waals surface area contributed by atoms with E-state index < -0.39 is 0 Å². The van der Waals surface area contributed by atoms with Crippen molar-refractivity contribution in [3.63, 3.8) is 0 Å². The van der Waals surface area contributed by atoms with E-state index in [1.165, 1.54) is 0 Å².